The SMILES string of the molecule is COCCOCC(O)COc1c(Br)cccc1CO. The average molecular weight is 335 g/mol. The molecule has 0 aliphatic carbocycles. The molecular formula is C13H19BrO5. The monoisotopic (exact) mass is 334 g/mol. The summed E-state index contributed by atoms with van der Waals surface area (Å²) in [6.07, 6.45) is -0.726. The number of aliphatic hydroxyl groups excluding tert-OH is 2. The van der Waals surface area contributed by atoms with Crippen molar-refractivity contribution in [2.45, 2.75) is 12.7 Å². The molecule has 0 heterocycles. The van der Waals surface area contributed by atoms with E-state index in [0.717, 1.165) is 4.47 Å². The molecule has 1 aromatic rings. The van der Waals surface area contributed by atoms with Crippen LogP contribution >= 0.6 is 15.9 Å². The lowest BCUT2D eigenvalue weighted by atomic mass is 10.2. The van der Waals surface area contributed by atoms with Crippen LogP contribution in [0.25, 0.3) is 0 Å². The quantitative estimate of drug-likeness (QED) is 0.667. The van der Waals surface area contributed by atoms with Crippen molar-refractivity contribution in [2.75, 3.05) is 33.5 Å². The molecule has 0 aromatic heterocycles. The number of methoxy groups -OCH3 is 1. The molecular weight excluding hydrogens is 316 g/mol. The van der Waals surface area contributed by atoms with Gasteiger partial charge in [-0.25, -0.2) is 0 Å². The van der Waals surface area contributed by atoms with E-state index >= 15 is 0 Å². The third-order valence-corrected chi connectivity index (χ3v) is 3.01. The van der Waals surface area contributed by atoms with Crippen LogP contribution in [0.4, 0.5) is 0 Å². The van der Waals surface area contributed by atoms with Crippen LogP contribution in [0, 0.1) is 0 Å². The Kier molecular flexibility index (Phi) is 8.00. The smallest absolute Gasteiger partial charge is 0.139 e. The van der Waals surface area contributed by atoms with Crippen molar-refractivity contribution < 1.29 is 24.4 Å². The van der Waals surface area contributed by atoms with Crippen molar-refractivity contribution >= 4 is 15.9 Å². The minimum absolute atomic E-state index is 0.0998. The van der Waals surface area contributed by atoms with Gasteiger partial charge in [0.05, 0.1) is 30.9 Å². The van der Waals surface area contributed by atoms with Crippen LogP contribution in [0.1, 0.15) is 5.56 Å². The molecule has 0 amide bonds. The second-order valence-electron chi connectivity index (χ2n) is 3.92. The van der Waals surface area contributed by atoms with Crippen molar-refractivity contribution in [2.24, 2.45) is 0 Å². The Morgan fingerprint density at radius 2 is 2.05 bits per heavy atom. The average Bonchev–Trinajstić information content (AvgIpc) is 2.42. The number of aliphatic hydroxyl groups is 2. The number of hydrogen-bond donors (Lipinski definition) is 2. The van der Waals surface area contributed by atoms with Gasteiger partial charge in [0.1, 0.15) is 18.5 Å². The molecule has 0 bridgehead atoms. The van der Waals surface area contributed by atoms with Crippen molar-refractivity contribution in [1.82, 2.24) is 0 Å². The van der Waals surface area contributed by atoms with Crippen LogP contribution < -0.4 is 4.74 Å². The number of hydrogen-bond acceptors (Lipinski definition) is 5. The first kappa shape index (κ1) is 16.4. The van der Waals surface area contributed by atoms with Gasteiger partial charge >= 0.3 is 0 Å². The largest absolute Gasteiger partial charge is 0.489 e. The van der Waals surface area contributed by atoms with E-state index in [-0.39, 0.29) is 19.8 Å². The minimum Gasteiger partial charge on any atom is -0.489 e. The molecule has 6 heteroatoms. The van der Waals surface area contributed by atoms with Crippen LogP contribution in [-0.4, -0.2) is 49.9 Å². The summed E-state index contributed by atoms with van der Waals surface area (Å²) in [5.74, 6) is 0.543. The molecule has 0 spiro atoms. The van der Waals surface area contributed by atoms with E-state index in [1.807, 2.05) is 12.1 Å². The first-order valence-corrected chi connectivity index (χ1v) is 6.74. The highest BCUT2D eigenvalue weighted by Gasteiger charge is 2.11. The van der Waals surface area contributed by atoms with E-state index in [9.17, 15) is 10.2 Å². The van der Waals surface area contributed by atoms with Gasteiger partial charge in [0.2, 0.25) is 0 Å². The van der Waals surface area contributed by atoms with Gasteiger partial charge in [0.15, 0.2) is 0 Å². The van der Waals surface area contributed by atoms with E-state index < -0.39 is 6.10 Å². The summed E-state index contributed by atoms with van der Waals surface area (Å²) in [5.41, 5.74) is 0.668. The van der Waals surface area contributed by atoms with Gasteiger partial charge in [-0.3, -0.25) is 0 Å². The Balaban J connectivity index is 2.39. The molecule has 1 unspecified atom stereocenters. The lowest BCUT2D eigenvalue weighted by Gasteiger charge is -2.15. The predicted octanol–water partition coefficient (Wildman–Crippen LogP) is 1.34. The molecule has 1 rings (SSSR count). The van der Waals surface area contributed by atoms with Crippen LogP contribution in [0.3, 0.4) is 0 Å². The van der Waals surface area contributed by atoms with Crippen molar-refractivity contribution in [3.63, 3.8) is 0 Å². The molecule has 0 aliphatic rings. The normalized spacial score (nSPS) is 12.4. The summed E-state index contributed by atoms with van der Waals surface area (Å²) >= 11 is 3.35. The van der Waals surface area contributed by atoms with Gasteiger partial charge in [-0.15, -0.1) is 0 Å². The lowest BCUT2D eigenvalue weighted by Crippen LogP contribution is -2.24. The van der Waals surface area contributed by atoms with Gasteiger partial charge in [0.25, 0.3) is 0 Å². The van der Waals surface area contributed by atoms with Gasteiger partial charge in [-0.2, -0.15) is 0 Å². The molecule has 108 valence electrons. The molecule has 5 nitrogen and oxygen atoms in total. The highest BCUT2D eigenvalue weighted by Crippen LogP contribution is 2.29. The zero-order valence-electron chi connectivity index (χ0n) is 10.8. The summed E-state index contributed by atoms with van der Waals surface area (Å²) in [6, 6.07) is 5.39. The van der Waals surface area contributed by atoms with Gasteiger partial charge in [0, 0.05) is 12.7 Å². The maximum atomic E-state index is 9.70. The van der Waals surface area contributed by atoms with Crippen LogP contribution in [0.2, 0.25) is 0 Å². The minimum atomic E-state index is -0.726. The zero-order valence-corrected chi connectivity index (χ0v) is 12.4. The fourth-order valence-corrected chi connectivity index (χ4v) is 1.95. The van der Waals surface area contributed by atoms with E-state index in [1.165, 1.54) is 0 Å². The molecule has 2 N–H and O–H groups in total. The molecule has 19 heavy (non-hydrogen) atoms. The Morgan fingerprint density at radius 1 is 1.26 bits per heavy atom. The molecule has 0 saturated carbocycles. The first-order valence-electron chi connectivity index (χ1n) is 5.94. The van der Waals surface area contributed by atoms with Crippen LogP contribution in [-0.2, 0) is 16.1 Å². The van der Waals surface area contributed by atoms with Crippen LogP contribution in [0.5, 0.6) is 5.75 Å². The maximum absolute atomic E-state index is 9.70. The van der Waals surface area contributed by atoms with Crippen molar-refractivity contribution in [1.29, 1.82) is 0 Å². The molecule has 0 aliphatic heterocycles. The zero-order chi connectivity index (χ0) is 14.1. The predicted molar refractivity (Wildman–Crippen MR) is 74.3 cm³/mol. The highest BCUT2D eigenvalue weighted by atomic mass is 79.9. The third kappa shape index (κ3) is 5.88. The molecule has 1 aromatic carbocycles. The summed E-state index contributed by atoms with van der Waals surface area (Å²) in [5, 5.41) is 18.9. The highest BCUT2D eigenvalue weighted by molar-refractivity contribution is 9.10. The Bertz CT molecular complexity index is 372. The Hall–Kier alpha value is -0.660. The molecule has 1 atom stereocenters. The number of halogens is 1. The number of rotatable bonds is 9. The number of ether oxygens (including phenoxy) is 3. The van der Waals surface area contributed by atoms with Gasteiger partial charge in [-0.1, -0.05) is 12.1 Å². The van der Waals surface area contributed by atoms with E-state index in [0.29, 0.717) is 24.5 Å². The van der Waals surface area contributed by atoms with Crippen molar-refractivity contribution in [3.8, 4) is 5.75 Å². The van der Waals surface area contributed by atoms with Gasteiger partial charge < -0.3 is 24.4 Å². The van der Waals surface area contributed by atoms with E-state index in [4.69, 9.17) is 14.2 Å². The molecule has 0 radical (unpaired) electrons. The number of benzene rings is 1. The summed E-state index contributed by atoms with van der Waals surface area (Å²) < 4.78 is 16.3. The molecule has 0 saturated heterocycles. The first-order chi connectivity index (χ1) is 9.19. The van der Waals surface area contributed by atoms with Gasteiger partial charge in [-0.05, 0) is 22.0 Å². The Labute approximate surface area is 121 Å². The summed E-state index contributed by atoms with van der Waals surface area (Å²) in [4.78, 5) is 0. The second kappa shape index (κ2) is 9.28. The Morgan fingerprint density at radius 3 is 2.74 bits per heavy atom. The third-order valence-electron chi connectivity index (χ3n) is 2.38. The van der Waals surface area contributed by atoms with E-state index in [1.54, 1.807) is 13.2 Å². The second-order valence-corrected chi connectivity index (χ2v) is 4.77. The molecule has 0 fully saturated rings. The fourth-order valence-electron chi connectivity index (χ4n) is 1.43. The van der Waals surface area contributed by atoms with Crippen molar-refractivity contribution in [3.05, 3.63) is 28.2 Å². The number of para-hydroxylation sites is 1. The topological polar surface area (TPSA) is 68.2 Å². The summed E-state index contributed by atoms with van der Waals surface area (Å²) in [6.45, 7) is 1.09. The van der Waals surface area contributed by atoms with E-state index in [2.05, 4.69) is 15.9 Å². The lowest BCUT2D eigenvalue weighted by molar-refractivity contribution is -0.00456. The van der Waals surface area contributed by atoms with Crippen LogP contribution in [0.15, 0.2) is 22.7 Å². The fraction of sp³-hybridized carbons (Fsp3) is 0.538. The standard InChI is InChI=1S/C13H19BrO5/c1-17-5-6-18-8-11(16)9-19-13-10(7-15)3-2-4-12(13)14/h2-4,11,15-16H,5-9H2,1H3. The summed E-state index contributed by atoms with van der Waals surface area (Å²) in [7, 11) is 1.59. The maximum Gasteiger partial charge on any atom is 0.139 e.